The first-order valence-electron chi connectivity index (χ1n) is 10.6. The molecular formula is C25H18ClN3O4. The Labute approximate surface area is 192 Å². The summed E-state index contributed by atoms with van der Waals surface area (Å²) in [6, 6.07) is 7.51. The van der Waals surface area contributed by atoms with Crippen molar-refractivity contribution in [3.8, 4) is 5.75 Å². The lowest BCUT2D eigenvalue weighted by Crippen LogP contribution is -2.13. The number of fused-ring (bicyclic) bond motifs is 4. The molecule has 2 aliphatic rings. The third-order valence-electron chi connectivity index (χ3n) is 6.27. The summed E-state index contributed by atoms with van der Waals surface area (Å²) < 4.78 is 7.66. The van der Waals surface area contributed by atoms with Crippen molar-refractivity contribution in [1.82, 2.24) is 14.5 Å². The average molecular weight is 460 g/mol. The van der Waals surface area contributed by atoms with Crippen LogP contribution >= 0.6 is 11.6 Å². The highest BCUT2D eigenvalue weighted by Crippen LogP contribution is 2.43. The molecule has 3 heterocycles. The highest BCUT2D eigenvalue weighted by molar-refractivity contribution is 6.32. The smallest absolute Gasteiger partial charge is 0.353 e. The second-order valence-corrected chi connectivity index (χ2v) is 8.57. The number of aromatic nitrogens is 3. The monoisotopic (exact) mass is 459 g/mol. The molecule has 0 unspecified atom stereocenters. The first kappa shape index (κ1) is 19.8. The van der Waals surface area contributed by atoms with Crippen molar-refractivity contribution in [2.75, 3.05) is 6.61 Å². The molecule has 4 aromatic rings. The van der Waals surface area contributed by atoms with Gasteiger partial charge in [-0.15, -0.1) is 0 Å². The number of rotatable bonds is 4. The Kier molecular flexibility index (Phi) is 4.41. The maximum atomic E-state index is 12.9. The first-order chi connectivity index (χ1) is 16.0. The SMILES string of the molecule is O=C1CC=CC=C1c1c(C(=O)O)n(Cc2cc3[nH]cnc3cc2Cl)c2ccc3c(c12)OCC3. The Morgan fingerprint density at radius 3 is 3.00 bits per heavy atom. The molecule has 33 heavy (non-hydrogen) atoms. The fourth-order valence-corrected chi connectivity index (χ4v) is 5.00. The van der Waals surface area contributed by atoms with Gasteiger partial charge < -0.3 is 19.4 Å². The number of Topliss-reactive ketones (excluding diaryl/α,β-unsaturated/α-hetero) is 1. The molecule has 8 heteroatoms. The summed E-state index contributed by atoms with van der Waals surface area (Å²) in [4.78, 5) is 32.8. The van der Waals surface area contributed by atoms with Gasteiger partial charge in [-0.1, -0.05) is 35.9 Å². The Morgan fingerprint density at radius 1 is 1.30 bits per heavy atom. The molecule has 2 aromatic heterocycles. The summed E-state index contributed by atoms with van der Waals surface area (Å²) in [6.07, 6.45) is 7.81. The van der Waals surface area contributed by atoms with Gasteiger partial charge in [0.05, 0.1) is 34.9 Å². The van der Waals surface area contributed by atoms with Gasteiger partial charge >= 0.3 is 5.97 Å². The van der Waals surface area contributed by atoms with Crippen LogP contribution in [0.2, 0.25) is 5.02 Å². The number of ether oxygens (including phenoxy) is 1. The van der Waals surface area contributed by atoms with Gasteiger partial charge in [-0.2, -0.15) is 0 Å². The molecule has 2 N–H and O–H groups in total. The molecule has 2 aromatic carbocycles. The highest BCUT2D eigenvalue weighted by atomic mass is 35.5. The van der Waals surface area contributed by atoms with E-state index in [1.54, 1.807) is 35.2 Å². The Bertz CT molecular complexity index is 1560. The predicted octanol–water partition coefficient (Wildman–Crippen LogP) is 4.76. The van der Waals surface area contributed by atoms with Crippen LogP contribution in [0.3, 0.4) is 0 Å². The molecule has 0 atom stereocenters. The summed E-state index contributed by atoms with van der Waals surface area (Å²) >= 11 is 6.55. The van der Waals surface area contributed by atoms with E-state index in [2.05, 4.69) is 9.97 Å². The van der Waals surface area contributed by atoms with Gasteiger partial charge in [0.2, 0.25) is 0 Å². The normalized spacial score (nSPS) is 15.2. The number of carboxylic acids is 1. The van der Waals surface area contributed by atoms with Crippen molar-refractivity contribution in [3.63, 3.8) is 0 Å². The van der Waals surface area contributed by atoms with Gasteiger partial charge in [-0.05, 0) is 29.3 Å². The number of imidazole rings is 1. The quantitative estimate of drug-likeness (QED) is 0.458. The Hall–Kier alpha value is -3.84. The molecule has 0 amide bonds. The number of allylic oxidation sites excluding steroid dienone is 4. The molecule has 0 radical (unpaired) electrons. The lowest BCUT2D eigenvalue weighted by molar-refractivity contribution is -0.113. The van der Waals surface area contributed by atoms with Crippen LogP contribution in [-0.2, 0) is 17.8 Å². The summed E-state index contributed by atoms with van der Waals surface area (Å²) in [5, 5.41) is 11.5. The van der Waals surface area contributed by atoms with Crippen molar-refractivity contribution in [2.45, 2.75) is 19.4 Å². The molecule has 6 rings (SSSR count). The number of benzene rings is 2. The fraction of sp³-hybridized carbons (Fsp3) is 0.160. The van der Waals surface area contributed by atoms with Crippen LogP contribution in [0, 0.1) is 0 Å². The van der Waals surface area contributed by atoms with Crippen LogP contribution < -0.4 is 4.74 Å². The Balaban J connectivity index is 1.66. The third kappa shape index (κ3) is 3.00. The second-order valence-electron chi connectivity index (χ2n) is 8.16. The number of ketones is 1. The zero-order valence-electron chi connectivity index (χ0n) is 17.4. The van der Waals surface area contributed by atoms with Crippen molar-refractivity contribution in [2.24, 2.45) is 0 Å². The minimum atomic E-state index is -1.12. The minimum absolute atomic E-state index is 0.0459. The lowest BCUT2D eigenvalue weighted by Gasteiger charge is -2.12. The van der Waals surface area contributed by atoms with Gasteiger partial charge in [0.25, 0.3) is 0 Å². The average Bonchev–Trinajstić information content (AvgIpc) is 3.51. The van der Waals surface area contributed by atoms with E-state index in [9.17, 15) is 14.7 Å². The summed E-state index contributed by atoms with van der Waals surface area (Å²) in [5.74, 6) is -0.580. The van der Waals surface area contributed by atoms with Crippen molar-refractivity contribution in [3.05, 3.63) is 76.2 Å². The predicted molar refractivity (Wildman–Crippen MR) is 125 cm³/mol. The number of halogens is 1. The van der Waals surface area contributed by atoms with Crippen molar-refractivity contribution < 1.29 is 19.4 Å². The van der Waals surface area contributed by atoms with Gasteiger partial charge in [0.1, 0.15) is 11.4 Å². The third-order valence-corrected chi connectivity index (χ3v) is 6.63. The molecule has 164 valence electrons. The van der Waals surface area contributed by atoms with Crippen LogP contribution in [-0.4, -0.2) is 38.0 Å². The molecule has 0 fully saturated rings. The number of carboxylic acid groups (broad SMARTS) is 1. The van der Waals surface area contributed by atoms with E-state index in [-0.39, 0.29) is 24.4 Å². The van der Waals surface area contributed by atoms with E-state index in [1.165, 1.54) is 0 Å². The van der Waals surface area contributed by atoms with Crippen molar-refractivity contribution in [1.29, 1.82) is 0 Å². The largest absolute Gasteiger partial charge is 0.492 e. The molecule has 7 nitrogen and oxygen atoms in total. The molecule has 0 bridgehead atoms. The number of aromatic amines is 1. The number of aromatic carboxylic acids is 1. The van der Waals surface area contributed by atoms with Crippen LogP contribution in [0.4, 0.5) is 0 Å². The topological polar surface area (TPSA) is 97.2 Å². The summed E-state index contributed by atoms with van der Waals surface area (Å²) in [5.41, 5.74) is 4.82. The van der Waals surface area contributed by atoms with E-state index in [0.717, 1.165) is 28.6 Å². The van der Waals surface area contributed by atoms with Crippen LogP contribution in [0.1, 0.15) is 33.6 Å². The molecular weight excluding hydrogens is 442 g/mol. The van der Waals surface area contributed by atoms with Gasteiger partial charge in [-0.25, -0.2) is 9.78 Å². The number of hydrogen-bond donors (Lipinski definition) is 2. The van der Waals surface area contributed by atoms with Crippen LogP contribution in [0.15, 0.2) is 48.8 Å². The number of carbonyl (C=O) groups is 2. The molecule has 0 saturated heterocycles. The number of nitrogens with one attached hydrogen (secondary N) is 1. The number of carbonyl (C=O) groups excluding carboxylic acids is 1. The highest BCUT2D eigenvalue weighted by Gasteiger charge is 2.32. The second kappa shape index (κ2) is 7.35. The minimum Gasteiger partial charge on any atom is -0.492 e. The molecule has 1 aliphatic carbocycles. The first-order valence-corrected chi connectivity index (χ1v) is 11.0. The maximum Gasteiger partial charge on any atom is 0.353 e. The molecule has 0 saturated carbocycles. The van der Waals surface area contributed by atoms with Crippen LogP contribution in [0.5, 0.6) is 5.75 Å². The summed E-state index contributed by atoms with van der Waals surface area (Å²) in [6.45, 7) is 0.735. The van der Waals surface area contributed by atoms with E-state index in [0.29, 0.717) is 39.4 Å². The summed E-state index contributed by atoms with van der Waals surface area (Å²) in [7, 11) is 0. The van der Waals surface area contributed by atoms with Gasteiger partial charge in [0.15, 0.2) is 5.78 Å². The number of nitrogens with zero attached hydrogens (tertiary/aromatic N) is 2. The van der Waals surface area contributed by atoms with E-state index >= 15 is 0 Å². The molecule has 0 spiro atoms. The standard InChI is InChI=1S/C25H18ClN3O4/c26-16-10-18-17(27-12-28-18)9-14(16)11-29-19-6-5-13-7-8-33-24(13)22(19)21(23(29)25(31)32)15-3-1-2-4-20(15)30/h1-3,5-6,9-10,12H,4,7-8,11H2,(H,27,28)(H,31,32). The zero-order valence-corrected chi connectivity index (χ0v) is 18.1. The van der Waals surface area contributed by atoms with E-state index < -0.39 is 5.97 Å². The Morgan fingerprint density at radius 2 is 2.18 bits per heavy atom. The van der Waals surface area contributed by atoms with Gasteiger partial charge in [0, 0.05) is 35.5 Å². The van der Waals surface area contributed by atoms with Crippen LogP contribution in [0.25, 0.3) is 27.5 Å². The number of H-pyrrole nitrogens is 1. The lowest BCUT2D eigenvalue weighted by atomic mass is 9.92. The van der Waals surface area contributed by atoms with Gasteiger partial charge in [-0.3, -0.25) is 4.79 Å². The fourth-order valence-electron chi connectivity index (χ4n) is 4.79. The maximum absolute atomic E-state index is 12.9. The zero-order chi connectivity index (χ0) is 22.7. The number of hydrogen-bond acceptors (Lipinski definition) is 4. The molecule has 1 aliphatic heterocycles. The van der Waals surface area contributed by atoms with E-state index in [4.69, 9.17) is 16.3 Å². The van der Waals surface area contributed by atoms with E-state index in [1.807, 2.05) is 18.2 Å². The van der Waals surface area contributed by atoms with Crippen molar-refractivity contribution >= 4 is 50.9 Å².